The maximum absolute atomic E-state index is 10.7. The molecule has 0 unspecified atom stereocenters. The Morgan fingerprint density at radius 1 is 1.17 bits per heavy atom. The summed E-state index contributed by atoms with van der Waals surface area (Å²) >= 11 is 0. The predicted octanol–water partition coefficient (Wildman–Crippen LogP) is 3.30. The molecule has 0 saturated heterocycles. The number of pyridine rings is 1. The second-order valence-electron chi connectivity index (χ2n) is 4.92. The largest absolute Gasteiger partial charge is 0.478 e. The molecule has 2 rings (SSSR count). The van der Waals surface area contributed by atoms with Gasteiger partial charge in [-0.25, -0.2) is 9.78 Å². The molecule has 4 heteroatoms. The first-order valence-electron chi connectivity index (χ1n) is 6.71. The highest BCUT2D eigenvalue weighted by molar-refractivity contribution is 5.87. The number of nitrogens with zero attached hydrogens (tertiary/aromatic N) is 1. The van der Waals surface area contributed by atoms with E-state index in [4.69, 9.17) is 5.11 Å². The number of nitrogens with one attached hydrogen (secondary N) is 1. The molecular formula is C14H20N2O2. The lowest BCUT2D eigenvalue weighted by atomic mass is 9.97. The zero-order chi connectivity index (χ0) is 12.8. The van der Waals surface area contributed by atoms with Gasteiger partial charge in [0.2, 0.25) is 0 Å². The van der Waals surface area contributed by atoms with Crippen LogP contribution >= 0.6 is 0 Å². The van der Waals surface area contributed by atoms with Crippen LogP contribution < -0.4 is 5.32 Å². The highest BCUT2D eigenvalue weighted by Gasteiger charge is 2.11. The first-order chi connectivity index (χ1) is 8.75. The van der Waals surface area contributed by atoms with E-state index in [1.54, 1.807) is 12.1 Å². The lowest BCUT2D eigenvalue weighted by Gasteiger charge is -2.21. The molecule has 0 bridgehead atoms. The number of hydrogen-bond acceptors (Lipinski definition) is 3. The Morgan fingerprint density at radius 3 is 2.39 bits per heavy atom. The van der Waals surface area contributed by atoms with Crippen molar-refractivity contribution in [3.63, 3.8) is 0 Å². The van der Waals surface area contributed by atoms with Crippen molar-refractivity contribution in [2.24, 2.45) is 0 Å². The van der Waals surface area contributed by atoms with Crippen LogP contribution in [0.3, 0.4) is 0 Å². The van der Waals surface area contributed by atoms with Crippen LogP contribution in [0.1, 0.15) is 55.3 Å². The molecule has 2 N–H and O–H groups in total. The van der Waals surface area contributed by atoms with Crippen LogP contribution in [0.4, 0.5) is 5.82 Å². The zero-order valence-electron chi connectivity index (χ0n) is 10.6. The van der Waals surface area contributed by atoms with Crippen molar-refractivity contribution in [3.05, 3.63) is 23.9 Å². The van der Waals surface area contributed by atoms with Gasteiger partial charge in [-0.3, -0.25) is 0 Å². The molecular weight excluding hydrogens is 228 g/mol. The minimum Gasteiger partial charge on any atom is -0.478 e. The number of rotatable bonds is 3. The Bertz CT molecular complexity index is 381. The Hall–Kier alpha value is -1.58. The molecule has 98 valence electrons. The summed E-state index contributed by atoms with van der Waals surface area (Å²) in [7, 11) is 0. The smallest absolute Gasteiger partial charge is 0.337 e. The molecule has 1 aromatic rings. The van der Waals surface area contributed by atoms with E-state index in [0.29, 0.717) is 6.04 Å². The van der Waals surface area contributed by atoms with Gasteiger partial charge in [-0.15, -0.1) is 0 Å². The van der Waals surface area contributed by atoms with E-state index in [1.165, 1.54) is 51.1 Å². The summed E-state index contributed by atoms with van der Waals surface area (Å²) < 4.78 is 0. The van der Waals surface area contributed by atoms with Crippen LogP contribution in [0.5, 0.6) is 0 Å². The Kier molecular flexibility index (Phi) is 4.56. The summed E-state index contributed by atoms with van der Waals surface area (Å²) in [5, 5.41) is 12.2. The van der Waals surface area contributed by atoms with Crippen molar-refractivity contribution in [1.29, 1.82) is 0 Å². The number of aromatic nitrogens is 1. The number of aromatic carboxylic acids is 1. The molecule has 0 aromatic carbocycles. The van der Waals surface area contributed by atoms with E-state index in [9.17, 15) is 4.79 Å². The van der Waals surface area contributed by atoms with Gasteiger partial charge < -0.3 is 10.4 Å². The Balaban J connectivity index is 1.92. The quantitative estimate of drug-likeness (QED) is 0.861. The van der Waals surface area contributed by atoms with E-state index in [0.717, 1.165) is 5.82 Å². The fraction of sp³-hybridized carbons (Fsp3) is 0.571. The minimum absolute atomic E-state index is 0.234. The lowest BCUT2D eigenvalue weighted by molar-refractivity contribution is 0.0696. The van der Waals surface area contributed by atoms with E-state index in [1.807, 2.05) is 0 Å². The average molecular weight is 248 g/mol. The van der Waals surface area contributed by atoms with Gasteiger partial charge in [0.1, 0.15) is 5.82 Å². The van der Waals surface area contributed by atoms with Gasteiger partial charge in [-0.05, 0) is 25.0 Å². The third-order valence-electron chi connectivity index (χ3n) is 3.47. The number of carboxylic acid groups (broad SMARTS) is 1. The van der Waals surface area contributed by atoms with E-state index < -0.39 is 5.97 Å². The number of carbonyl (C=O) groups is 1. The topological polar surface area (TPSA) is 62.2 Å². The highest BCUT2D eigenvalue weighted by Crippen LogP contribution is 2.20. The molecule has 0 radical (unpaired) electrons. The van der Waals surface area contributed by atoms with Crippen LogP contribution in [0.25, 0.3) is 0 Å². The fourth-order valence-corrected chi connectivity index (χ4v) is 2.42. The summed E-state index contributed by atoms with van der Waals surface area (Å²) in [5.74, 6) is -0.148. The van der Waals surface area contributed by atoms with E-state index >= 15 is 0 Å². The predicted molar refractivity (Wildman–Crippen MR) is 70.9 cm³/mol. The maximum Gasteiger partial charge on any atom is 0.337 e. The standard InChI is InChI=1S/C14H20N2O2/c17-14(18)11-8-9-13(15-10-11)16-12-6-4-2-1-3-5-7-12/h8-10,12H,1-7H2,(H,15,16)(H,17,18). The second-order valence-corrected chi connectivity index (χ2v) is 4.92. The van der Waals surface area contributed by atoms with Crippen LogP contribution in [0, 0.1) is 0 Å². The third-order valence-corrected chi connectivity index (χ3v) is 3.47. The molecule has 1 aliphatic rings. The summed E-state index contributed by atoms with van der Waals surface area (Å²) in [6, 6.07) is 3.83. The molecule has 18 heavy (non-hydrogen) atoms. The Labute approximate surface area is 107 Å². The number of anilines is 1. The van der Waals surface area contributed by atoms with Gasteiger partial charge in [-0.2, -0.15) is 0 Å². The summed E-state index contributed by atoms with van der Waals surface area (Å²) in [6.45, 7) is 0. The minimum atomic E-state index is -0.931. The van der Waals surface area contributed by atoms with Gasteiger partial charge in [0, 0.05) is 12.2 Å². The average Bonchev–Trinajstić information content (AvgIpc) is 2.33. The fourth-order valence-electron chi connectivity index (χ4n) is 2.42. The van der Waals surface area contributed by atoms with Crippen molar-refractivity contribution in [3.8, 4) is 0 Å². The molecule has 1 fully saturated rings. The van der Waals surface area contributed by atoms with Crippen molar-refractivity contribution in [2.45, 2.75) is 51.0 Å². The van der Waals surface area contributed by atoms with Crippen LogP contribution in [-0.4, -0.2) is 22.1 Å². The van der Waals surface area contributed by atoms with Crippen LogP contribution in [-0.2, 0) is 0 Å². The monoisotopic (exact) mass is 248 g/mol. The number of hydrogen-bond donors (Lipinski definition) is 2. The Morgan fingerprint density at radius 2 is 1.83 bits per heavy atom. The van der Waals surface area contributed by atoms with Gasteiger partial charge in [0.15, 0.2) is 0 Å². The maximum atomic E-state index is 10.7. The van der Waals surface area contributed by atoms with Crippen molar-refractivity contribution in [2.75, 3.05) is 5.32 Å². The summed E-state index contributed by atoms with van der Waals surface area (Å²) in [6.07, 6.45) is 10.3. The molecule has 0 spiro atoms. The van der Waals surface area contributed by atoms with Crippen molar-refractivity contribution >= 4 is 11.8 Å². The van der Waals surface area contributed by atoms with Gasteiger partial charge in [0.05, 0.1) is 5.56 Å². The van der Waals surface area contributed by atoms with E-state index in [-0.39, 0.29) is 5.56 Å². The molecule has 1 aliphatic carbocycles. The van der Waals surface area contributed by atoms with Gasteiger partial charge in [0.25, 0.3) is 0 Å². The third kappa shape index (κ3) is 3.72. The molecule has 1 heterocycles. The van der Waals surface area contributed by atoms with E-state index in [2.05, 4.69) is 10.3 Å². The number of carboxylic acids is 1. The van der Waals surface area contributed by atoms with Crippen molar-refractivity contribution < 1.29 is 9.90 Å². The van der Waals surface area contributed by atoms with Gasteiger partial charge >= 0.3 is 5.97 Å². The molecule has 4 nitrogen and oxygen atoms in total. The molecule has 0 aliphatic heterocycles. The molecule has 0 amide bonds. The first kappa shape index (κ1) is 12.9. The molecule has 0 atom stereocenters. The second kappa shape index (κ2) is 6.38. The van der Waals surface area contributed by atoms with Crippen molar-refractivity contribution in [1.82, 2.24) is 4.98 Å². The van der Waals surface area contributed by atoms with Crippen LogP contribution in [0.15, 0.2) is 18.3 Å². The molecule has 1 aromatic heterocycles. The summed E-state index contributed by atoms with van der Waals surface area (Å²) in [5.41, 5.74) is 0.234. The normalized spacial score (nSPS) is 17.8. The highest BCUT2D eigenvalue weighted by atomic mass is 16.4. The molecule has 1 saturated carbocycles. The summed E-state index contributed by atoms with van der Waals surface area (Å²) in [4.78, 5) is 14.9. The van der Waals surface area contributed by atoms with Crippen LogP contribution in [0.2, 0.25) is 0 Å². The van der Waals surface area contributed by atoms with Gasteiger partial charge in [-0.1, -0.05) is 32.1 Å². The SMILES string of the molecule is O=C(O)c1ccc(NC2CCCCCCC2)nc1. The lowest BCUT2D eigenvalue weighted by Crippen LogP contribution is -2.21. The first-order valence-corrected chi connectivity index (χ1v) is 6.71. The zero-order valence-corrected chi connectivity index (χ0v) is 10.6.